The molecule has 4 rings (SSSR count). The Morgan fingerprint density at radius 3 is 2.17 bits per heavy atom. The Labute approximate surface area is 172 Å². The van der Waals surface area contributed by atoms with Crippen molar-refractivity contribution in [2.75, 3.05) is 19.6 Å². The SMILES string of the molecule is O=C(/C=C/c1ccccc1)N1CCC(C(=O)N2CCC[C@@H]2c2ccccc2)CC1. The summed E-state index contributed by atoms with van der Waals surface area (Å²) in [4.78, 5) is 29.6. The van der Waals surface area contributed by atoms with E-state index in [9.17, 15) is 9.59 Å². The number of nitrogens with zero attached hydrogens (tertiary/aromatic N) is 2. The summed E-state index contributed by atoms with van der Waals surface area (Å²) in [6.07, 6.45) is 7.10. The highest BCUT2D eigenvalue weighted by Gasteiger charge is 2.35. The zero-order valence-corrected chi connectivity index (χ0v) is 16.7. The highest BCUT2D eigenvalue weighted by molar-refractivity contribution is 5.92. The summed E-state index contributed by atoms with van der Waals surface area (Å²) < 4.78 is 0. The Morgan fingerprint density at radius 1 is 0.828 bits per heavy atom. The first-order valence-electron chi connectivity index (χ1n) is 10.6. The van der Waals surface area contributed by atoms with Gasteiger partial charge in [0.05, 0.1) is 6.04 Å². The van der Waals surface area contributed by atoms with Crippen LogP contribution in [0.15, 0.2) is 66.7 Å². The van der Waals surface area contributed by atoms with Crippen LogP contribution >= 0.6 is 0 Å². The molecule has 2 aromatic carbocycles. The van der Waals surface area contributed by atoms with Gasteiger partial charge in [0, 0.05) is 31.6 Å². The standard InChI is InChI=1S/C25H28N2O2/c28-24(14-13-20-8-3-1-4-9-20)26-18-15-22(16-19-26)25(29)27-17-7-12-23(27)21-10-5-2-6-11-21/h1-6,8-11,13-14,22-23H,7,12,15-19H2/b14-13+/t23-/m1/s1. The van der Waals surface area contributed by atoms with Gasteiger partial charge in [0.25, 0.3) is 0 Å². The zero-order chi connectivity index (χ0) is 20.1. The van der Waals surface area contributed by atoms with Gasteiger partial charge in [-0.15, -0.1) is 0 Å². The van der Waals surface area contributed by atoms with Gasteiger partial charge in [0.15, 0.2) is 0 Å². The third kappa shape index (κ3) is 4.58. The van der Waals surface area contributed by atoms with Crippen LogP contribution in [0.2, 0.25) is 0 Å². The fraction of sp³-hybridized carbons (Fsp3) is 0.360. The van der Waals surface area contributed by atoms with Crippen molar-refractivity contribution in [1.82, 2.24) is 9.80 Å². The molecule has 2 amide bonds. The molecule has 0 N–H and O–H groups in total. The molecule has 1 atom stereocenters. The van der Waals surface area contributed by atoms with E-state index in [-0.39, 0.29) is 23.8 Å². The third-order valence-electron chi connectivity index (χ3n) is 6.09. The molecule has 0 aliphatic carbocycles. The van der Waals surface area contributed by atoms with Crippen LogP contribution in [0.4, 0.5) is 0 Å². The molecular weight excluding hydrogens is 360 g/mol. The molecular formula is C25H28N2O2. The minimum atomic E-state index is 0.0291. The first-order chi connectivity index (χ1) is 14.2. The van der Waals surface area contributed by atoms with Crippen molar-refractivity contribution in [1.29, 1.82) is 0 Å². The molecule has 2 fully saturated rings. The quantitative estimate of drug-likeness (QED) is 0.733. The average molecular weight is 389 g/mol. The minimum absolute atomic E-state index is 0.0291. The maximum Gasteiger partial charge on any atom is 0.246 e. The lowest BCUT2D eigenvalue weighted by molar-refractivity contribution is -0.140. The Balaban J connectivity index is 1.32. The van der Waals surface area contributed by atoms with Gasteiger partial charge in [0.1, 0.15) is 0 Å². The lowest BCUT2D eigenvalue weighted by Gasteiger charge is -2.34. The molecule has 0 aromatic heterocycles. The molecule has 29 heavy (non-hydrogen) atoms. The number of benzene rings is 2. The summed E-state index contributed by atoms with van der Waals surface area (Å²) in [6, 6.07) is 20.4. The highest BCUT2D eigenvalue weighted by atomic mass is 16.2. The molecule has 2 heterocycles. The van der Waals surface area contributed by atoms with E-state index in [1.807, 2.05) is 59.5 Å². The molecule has 2 saturated heterocycles. The molecule has 2 aliphatic rings. The Kier molecular flexibility index (Phi) is 6.09. The second kappa shape index (κ2) is 9.08. The number of likely N-dealkylation sites (tertiary alicyclic amines) is 2. The largest absolute Gasteiger partial charge is 0.339 e. The predicted octanol–water partition coefficient (Wildman–Crippen LogP) is 4.30. The fourth-order valence-corrected chi connectivity index (χ4v) is 4.47. The van der Waals surface area contributed by atoms with Crippen molar-refractivity contribution in [2.24, 2.45) is 5.92 Å². The van der Waals surface area contributed by atoms with Crippen LogP contribution in [-0.2, 0) is 9.59 Å². The normalized spacial score (nSPS) is 20.3. The number of amides is 2. The summed E-state index contributed by atoms with van der Waals surface area (Å²) in [5.74, 6) is 0.327. The van der Waals surface area contributed by atoms with E-state index >= 15 is 0 Å². The fourth-order valence-electron chi connectivity index (χ4n) is 4.47. The molecule has 0 unspecified atom stereocenters. The van der Waals surface area contributed by atoms with Gasteiger partial charge in [-0.05, 0) is 42.9 Å². The highest BCUT2D eigenvalue weighted by Crippen LogP contribution is 2.34. The topological polar surface area (TPSA) is 40.6 Å². The molecule has 0 saturated carbocycles. The monoisotopic (exact) mass is 388 g/mol. The van der Waals surface area contributed by atoms with Crippen LogP contribution in [0.3, 0.4) is 0 Å². The molecule has 0 spiro atoms. The number of rotatable bonds is 4. The van der Waals surface area contributed by atoms with Crippen LogP contribution in [0, 0.1) is 5.92 Å². The van der Waals surface area contributed by atoms with Gasteiger partial charge in [-0.2, -0.15) is 0 Å². The van der Waals surface area contributed by atoms with Gasteiger partial charge in [-0.3, -0.25) is 9.59 Å². The van der Waals surface area contributed by atoms with Gasteiger partial charge in [-0.25, -0.2) is 0 Å². The summed E-state index contributed by atoms with van der Waals surface area (Å²) in [5.41, 5.74) is 2.25. The second-order valence-corrected chi connectivity index (χ2v) is 7.94. The number of piperidine rings is 1. The summed E-state index contributed by atoms with van der Waals surface area (Å²) in [7, 11) is 0. The first-order valence-corrected chi connectivity index (χ1v) is 10.6. The summed E-state index contributed by atoms with van der Waals surface area (Å²) in [5, 5.41) is 0. The van der Waals surface area contributed by atoms with E-state index in [1.165, 1.54) is 5.56 Å². The van der Waals surface area contributed by atoms with Gasteiger partial charge in [0.2, 0.25) is 11.8 Å². The van der Waals surface area contributed by atoms with Crippen molar-refractivity contribution in [3.63, 3.8) is 0 Å². The molecule has 2 aromatic rings. The number of carbonyl (C=O) groups excluding carboxylic acids is 2. The number of hydrogen-bond acceptors (Lipinski definition) is 2. The van der Waals surface area contributed by atoms with Crippen LogP contribution in [-0.4, -0.2) is 41.2 Å². The molecule has 0 bridgehead atoms. The Morgan fingerprint density at radius 2 is 1.48 bits per heavy atom. The van der Waals surface area contributed by atoms with Crippen LogP contribution in [0.1, 0.15) is 42.9 Å². The predicted molar refractivity (Wildman–Crippen MR) is 115 cm³/mol. The summed E-state index contributed by atoms with van der Waals surface area (Å²) in [6.45, 7) is 2.15. The average Bonchev–Trinajstić information content (AvgIpc) is 3.28. The molecule has 2 aliphatic heterocycles. The van der Waals surface area contributed by atoms with E-state index in [1.54, 1.807) is 6.08 Å². The second-order valence-electron chi connectivity index (χ2n) is 7.94. The van der Waals surface area contributed by atoms with E-state index in [4.69, 9.17) is 0 Å². The van der Waals surface area contributed by atoms with Crippen molar-refractivity contribution < 1.29 is 9.59 Å². The minimum Gasteiger partial charge on any atom is -0.339 e. The molecule has 150 valence electrons. The van der Waals surface area contributed by atoms with Crippen LogP contribution < -0.4 is 0 Å². The molecule has 0 radical (unpaired) electrons. The van der Waals surface area contributed by atoms with Gasteiger partial charge >= 0.3 is 0 Å². The van der Waals surface area contributed by atoms with Crippen molar-refractivity contribution in [3.8, 4) is 0 Å². The van der Waals surface area contributed by atoms with E-state index in [2.05, 4.69) is 17.0 Å². The van der Waals surface area contributed by atoms with Crippen LogP contribution in [0.5, 0.6) is 0 Å². The lowest BCUT2D eigenvalue weighted by Crippen LogP contribution is -2.43. The maximum absolute atomic E-state index is 13.2. The molecule has 4 heteroatoms. The van der Waals surface area contributed by atoms with Crippen LogP contribution in [0.25, 0.3) is 6.08 Å². The number of hydrogen-bond donors (Lipinski definition) is 0. The smallest absolute Gasteiger partial charge is 0.246 e. The first kappa shape index (κ1) is 19.4. The third-order valence-corrected chi connectivity index (χ3v) is 6.09. The van der Waals surface area contributed by atoms with Crippen molar-refractivity contribution in [3.05, 3.63) is 77.9 Å². The molecule has 4 nitrogen and oxygen atoms in total. The van der Waals surface area contributed by atoms with Gasteiger partial charge in [-0.1, -0.05) is 60.7 Å². The van der Waals surface area contributed by atoms with E-state index < -0.39 is 0 Å². The van der Waals surface area contributed by atoms with Crippen molar-refractivity contribution in [2.45, 2.75) is 31.7 Å². The van der Waals surface area contributed by atoms with E-state index in [0.717, 1.165) is 37.8 Å². The zero-order valence-electron chi connectivity index (χ0n) is 16.7. The Hall–Kier alpha value is -2.88. The lowest BCUT2D eigenvalue weighted by atomic mass is 9.94. The Bertz CT molecular complexity index is 855. The van der Waals surface area contributed by atoms with E-state index in [0.29, 0.717) is 13.1 Å². The maximum atomic E-state index is 13.2. The van der Waals surface area contributed by atoms with Crippen molar-refractivity contribution >= 4 is 17.9 Å². The van der Waals surface area contributed by atoms with Gasteiger partial charge < -0.3 is 9.80 Å². The number of carbonyl (C=O) groups is 2. The summed E-state index contributed by atoms with van der Waals surface area (Å²) >= 11 is 0.